The Kier molecular flexibility index (Phi) is 4.32. The Labute approximate surface area is 151 Å². The van der Waals surface area contributed by atoms with Crippen LogP contribution in [0.5, 0.6) is 23.0 Å². The third-order valence-electron chi connectivity index (χ3n) is 4.95. The molecule has 2 atom stereocenters. The molecule has 1 fully saturated rings. The molecule has 2 aromatic rings. The maximum Gasteiger partial charge on any atom is 0.309 e. The largest absolute Gasteiger partial charge is 0.504 e. The van der Waals surface area contributed by atoms with Crippen molar-refractivity contribution >= 4 is 5.97 Å². The normalized spacial score (nSPS) is 20.9. The van der Waals surface area contributed by atoms with Gasteiger partial charge in [0.15, 0.2) is 23.0 Å². The predicted octanol–water partition coefficient (Wildman–Crippen LogP) is 2.70. The van der Waals surface area contributed by atoms with Gasteiger partial charge in [-0.1, -0.05) is 12.1 Å². The molecule has 0 spiro atoms. The highest BCUT2D eigenvalue weighted by atomic mass is 16.7. The van der Waals surface area contributed by atoms with Gasteiger partial charge in [0.2, 0.25) is 6.79 Å². The van der Waals surface area contributed by atoms with Crippen LogP contribution in [0.15, 0.2) is 36.4 Å². The van der Waals surface area contributed by atoms with Crippen LogP contribution in [-0.4, -0.2) is 31.6 Å². The first-order valence-electron chi connectivity index (χ1n) is 8.55. The van der Waals surface area contributed by atoms with Gasteiger partial charge in [-0.3, -0.25) is 4.79 Å². The van der Waals surface area contributed by atoms with Gasteiger partial charge in [0, 0.05) is 5.92 Å². The number of phenols is 1. The second-order valence-electron chi connectivity index (χ2n) is 6.60. The van der Waals surface area contributed by atoms with E-state index in [0.29, 0.717) is 18.8 Å². The molecular formula is C20H20O6. The second-order valence-corrected chi connectivity index (χ2v) is 6.60. The summed E-state index contributed by atoms with van der Waals surface area (Å²) in [6, 6.07) is 11.1. The van der Waals surface area contributed by atoms with E-state index in [9.17, 15) is 9.90 Å². The van der Waals surface area contributed by atoms with Gasteiger partial charge in [-0.05, 0) is 48.2 Å². The van der Waals surface area contributed by atoms with Crippen LogP contribution in [0.3, 0.4) is 0 Å². The van der Waals surface area contributed by atoms with Crippen LogP contribution in [0.4, 0.5) is 0 Å². The third-order valence-corrected chi connectivity index (χ3v) is 4.95. The fourth-order valence-electron chi connectivity index (χ4n) is 3.54. The van der Waals surface area contributed by atoms with Crippen molar-refractivity contribution in [1.29, 1.82) is 0 Å². The number of hydrogen-bond donors (Lipinski definition) is 1. The molecule has 2 heterocycles. The number of benzene rings is 2. The summed E-state index contributed by atoms with van der Waals surface area (Å²) in [5.74, 6) is 1.62. The highest BCUT2D eigenvalue weighted by molar-refractivity contribution is 5.75. The van der Waals surface area contributed by atoms with Gasteiger partial charge >= 0.3 is 5.97 Å². The average molecular weight is 356 g/mol. The number of hydrogen-bond acceptors (Lipinski definition) is 6. The summed E-state index contributed by atoms with van der Waals surface area (Å²) in [5, 5.41) is 9.95. The van der Waals surface area contributed by atoms with Crippen molar-refractivity contribution in [2.45, 2.75) is 12.8 Å². The summed E-state index contributed by atoms with van der Waals surface area (Å²) in [4.78, 5) is 12.2. The minimum atomic E-state index is -0.242. The lowest BCUT2D eigenvalue weighted by atomic mass is 9.85. The van der Waals surface area contributed by atoms with Gasteiger partial charge in [-0.25, -0.2) is 0 Å². The number of fused-ring (bicyclic) bond motifs is 1. The van der Waals surface area contributed by atoms with Gasteiger partial charge in [0.05, 0.1) is 19.6 Å². The smallest absolute Gasteiger partial charge is 0.309 e. The van der Waals surface area contributed by atoms with Crippen LogP contribution < -0.4 is 14.2 Å². The Bertz CT molecular complexity index is 831. The molecule has 6 nitrogen and oxygen atoms in total. The molecular weight excluding hydrogens is 336 g/mol. The maximum absolute atomic E-state index is 12.2. The number of cyclic esters (lactones) is 1. The molecule has 2 aliphatic rings. The van der Waals surface area contributed by atoms with Gasteiger partial charge in [0.25, 0.3) is 0 Å². The van der Waals surface area contributed by atoms with Crippen LogP contribution in [-0.2, 0) is 22.4 Å². The minimum Gasteiger partial charge on any atom is -0.504 e. The molecule has 6 heteroatoms. The molecule has 2 aromatic carbocycles. The fourth-order valence-corrected chi connectivity index (χ4v) is 3.54. The average Bonchev–Trinajstić information content (AvgIpc) is 3.23. The van der Waals surface area contributed by atoms with E-state index in [1.54, 1.807) is 12.1 Å². The molecule has 0 aromatic heterocycles. The SMILES string of the molecule is COc1ccc(CC2C(=O)OCC2Cc2ccc3c(c2)OCO3)cc1O. The quantitative estimate of drug-likeness (QED) is 0.831. The lowest BCUT2D eigenvalue weighted by Gasteiger charge is -2.16. The van der Waals surface area contributed by atoms with Crippen LogP contribution in [0.2, 0.25) is 0 Å². The molecule has 2 aliphatic heterocycles. The Morgan fingerprint density at radius 1 is 1.04 bits per heavy atom. The van der Waals surface area contributed by atoms with E-state index >= 15 is 0 Å². The molecule has 1 saturated heterocycles. The fraction of sp³-hybridized carbons (Fsp3) is 0.350. The molecule has 0 amide bonds. The van der Waals surface area contributed by atoms with Crippen molar-refractivity contribution in [3.05, 3.63) is 47.5 Å². The summed E-state index contributed by atoms with van der Waals surface area (Å²) in [7, 11) is 1.50. The zero-order valence-electron chi connectivity index (χ0n) is 14.4. The van der Waals surface area contributed by atoms with E-state index in [1.165, 1.54) is 7.11 Å². The molecule has 136 valence electrons. The Morgan fingerprint density at radius 3 is 2.62 bits per heavy atom. The van der Waals surface area contributed by atoms with Crippen LogP contribution in [0.1, 0.15) is 11.1 Å². The standard InChI is InChI=1S/C20H20O6/c1-23-17-4-2-13(8-16(17)21)7-15-14(10-24-20(15)22)6-12-3-5-18-19(9-12)26-11-25-18/h2-5,8-9,14-15,21H,6-7,10-11H2,1H3. The van der Waals surface area contributed by atoms with E-state index < -0.39 is 0 Å². The summed E-state index contributed by atoms with van der Waals surface area (Å²) in [6.07, 6.45) is 1.24. The highest BCUT2D eigenvalue weighted by Crippen LogP contribution is 2.36. The second kappa shape index (κ2) is 6.78. The van der Waals surface area contributed by atoms with Crippen LogP contribution in [0.25, 0.3) is 0 Å². The Hall–Kier alpha value is -2.89. The number of methoxy groups -OCH3 is 1. The van der Waals surface area contributed by atoms with E-state index in [0.717, 1.165) is 29.0 Å². The maximum atomic E-state index is 12.2. The van der Waals surface area contributed by atoms with Crippen LogP contribution >= 0.6 is 0 Å². The van der Waals surface area contributed by atoms with E-state index in [-0.39, 0.29) is 30.3 Å². The molecule has 2 unspecified atom stereocenters. The van der Waals surface area contributed by atoms with Gasteiger partial charge in [-0.2, -0.15) is 0 Å². The van der Waals surface area contributed by atoms with E-state index in [2.05, 4.69) is 0 Å². The number of phenolic OH excluding ortho intramolecular Hbond substituents is 1. The van der Waals surface area contributed by atoms with Crippen LogP contribution in [0, 0.1) is 11.8 Å². The van der Waals surface area contributed by atoms with Gasteiger partial charge in [-0.15, -0.1) is 0 Å². The Balaban J connectivity index is 1.49. The first kappa shape index (κ1) is 16.6. The number of rotatable bonds is 5. The molecule has 1 N–H and O–H groups in total. The zero-order valence-corrected chi connectivity index (χ0v) is 14.4. The van der Waals surface area contributed by atoms with E-state index in [4.69, 9.17) is 18.9 Å². The lowest BCUT2D eigenvalue weighted by molar-refractivity contribution is -0.141. The highest BCUT2D eigenvalue weighted by Gasteiger charge is 2.37. The van der Waals surface area contributed by atoms with Crippen molar-refractivity contribution < 1.29 is 28.8 Å². The first-order chi connectivity index (χ1) is 12.6. The van der Waals surface area contributed by atoms with E-state index in [1.807, 2.05) is 24.3 Å². The van der Waals surface area contributed by atoms with Crippen molar-refractivity contribution in [3.63, 3.8) is 0 Å². The molecule has 0 saturated carbocycles. The summed E-state index contributed by atoms with van der Waals surface area (Å²) in [5.41, 5.74) is 1.96. The minimum absolute atomic E-state index is 0.0729. The molecule has 0 bridgehead atoms. The van der Waals surface area contributed by atoms with Crippen molar-refractivity contribution in [2.24, 2.45) is 11.8 Å². The monoisotopic (exact) mass is 356 g/mol. The molecule has 4 rings (SSSR count). The number of carbonyl (C=O) groups is 1. The van der Waals surface area contributed by atoms with Crippen molar-refractivity contribution in [3.8, 4) is 23.0 Å². The van der Waals surface area contributed by atoms with Crippen molar-refractivity contribution in [1.82, 2.24) is 0 Å². The number of aromatic hydroxyl groups is 1. The van der Waals surface area contributed by atoms with Crippen molar-refractivity contribution in [2.75, 3.05) is 20.5 Å². The molecule has 0 aliphatic carbocycles. The van der Waals surface area contributed by atoms with Gasteiger partial charge in [0.1, 0.15) is 0 Å². The summed E-state index contributed by atoms with van der Waals surface area (Å²) >= 11 is 0. The number of ether oxygens (including phenoxy) is 4. The predicted molar refractivity (Wildman–Crippen MR) is 92.6 cm³/mol. The zero-order chi connectivity index (χ0) is 18.1. The van der Waals surface area contributed by atoms with Gasteiger partial charge < -0.3 is 24.1 Å². The first-order valence-corrected chi connectivity index (χ1v) is 8.55. The topological polar surface area (TPSA) is 74.2 Å². The number of esters is 1. The summed E-state index contributed by atoms with van der Waals surface area (Å²) in [6.45, 7) is 0.646. The molecule has 0 radical (unpaired) electrons. The molecule has 26 heavy (non-hydrogen) atoms. The third kappa shape index (κ3) is 3.14. The number of carbonyl (C=O) groups excluding carboxylic acids is 1. The lowest BCUT2D eigenvalue weighted by Crippen LogP contribution is -2.20. The Morgan fingerprint density at radius 2 is 1.81 bits per heavy atom. The summed E-state index contributed by atoms with van der Waals surface area (Å²) < 4.78 is 21.1.